The first-order valence-corrected chi connectivity index (χ1v) is 10.4. The van der Waals surface area contributed by atoms with Gasteiger partial charge >= 0.3 is 6.61 Å². The van der Waals surface area contributed by atoms with Crippen LogP contribution in [0.15, 0.2) is 41.3 Å². The van der Waals surface area contributed by atoms with Gasteiger partial charge in [-0.1, -0.05) is 11.6 Å². The van der Waals surface area contributed by atoms with Crippen LogP contribution < -0.4 is 19.5 Å². The summed E-state index contributed by atoms with van der Waals surface area (Å²) < 4.78 is 64.4. The number of fused-ring (bicyclic) bond motifs is 1. The maximum Gasteiger partial charge on any atom is 0.387 e. The Kier molecular flexibility index (Phi) is 6.43. The number of rotatable bonds is 7. The molecule has 1 N–H and O–H groups in total. The molecule has 1 aliphatic rings. The van der Waals surface area contributed by atoms with Crippen molar-refractivity contribution in [1.29, 1.82) is 0 Å². The van der Waals surface area contributed by atoms with E-state index in [4.69, 9.17) is 21.1 Å². The zero-order chi connectivity index (χ0) is 21.0. The van der Waals surface area contributed by atoms with Gasteiger partial charge in [0.1, 0.15) is 19.0 Å². The van der Waals surface area contributed by atoms with E-state index in [0.29, 0.717) is 24.7 Å². The van der Waals surface area contributed by atoms with Gasteiger partial charge in [-0.25, -0.2) is 8.42 Å². The van der Waals surface area contributed by atoms with E-state index in [-0.39, 0.29) is 27.8 Å². The topological polar surface area (TPSA) is 90.9 Å². The largest absolute Gasteiger partial charge is 0.486 e. The number of sulfone groups is 1. The third-order valence-electron chi connectivity index (χ3n) is 3.90. The summed E-state index contributed by atoms with van der Waals surface area (Å²) in [5, 5.41) is 2.34. The lowest BCUT2D eigenvalue weighted by Crippen LogP contribution is -2.18. The first kappa shape index (κ1) is 21.1. The van der Waals surface area contributed by atoms with Gasteiger partial charge in [0.15, 0.2) is 21.3 Å². The van der Waals surface area contributed by atoms with Crippen molar-refractivity contribution in [3.8, 4) is 17.2 Å². The Balaban J connectivity index is 1.60. The number of amides is 1. The summed E-state index contributed by atoms with van der Waals surface area (Å²) in [6.07, 6.45) is -0.316. The van der Waals surface area contributed by atoms with E-state index in [9.17, 15) is 22.0 Å². The number of nitrogens with one attached hydrogen (secondary N) is 1. The Labute approximate surface area is 170 Å². The Morgan fingerprint density at radius 3 is 2.55 bits per heavy atom. The second-order valence-corrected chi connectivity index (χ2v) is 8.46. The standard InChI is InChI=1S/C18H16ClF2NO6S/c19-13-9-11(1-3-14(13)28-18(20)21)22-17(23)5-8-29(24,25)12-2-4-15-16(10-12)27-7-6-26-15/h1-4,9-10,18H,5-8H2,(H,22,23). The van der Waals surface area contributed by atoms with Gasteiger partial charge in [0.05, 0.1) is 15.7 Å². The number of hydrogen-bond acceptors (Lipinski definition) is 6. The number of ether oxygens (including phenoxy) is 3. The molecule has 0 saturated carbocycles. The fourth-order valence-electron chi connectivity index (χ4n) is 2.56. The normalized spacial score (nSPS) is 13.2. The second kappa shape index (κ2) is 8.83. The number of benzene rings is 2. The minimum absolute atomic E-state index is 0.0195. The van der Waals surface area contributed by atoms with E-state index in [1.807, 2.05) is 0 Å². The van der Waals surface area contributed by atoms with Crippen LogP contribution in [0.5, 0.6) is 17.2 Å². The van der Waals surface area contributed by atoms with Crippen LogP contribution in [0, 0.1) is 0 Å². The van der Waals surface area contributed by atoms with E-state index in [1.54, 1.807) is 0 Å². The first-order valence-electron chi connectivity index (χ1n) is 8.41. The van der Waals surface area contributed by atoms with E-state index < -0.39 is 28.1 Å². The Morgan fingerprint density at radius 2 is 1.86 bits per heavy atom. The molecule has 1 aliphatic heterocycles. The van der Waals surface area contributed by atoms with Gasteiger partial charge in [0, 0.05) is 18.2 Å². The molecule has 2 aromatic rings. The van der Waals surface area contributed by atoms with Gasteiger partial charge < -0.3 is 19.5 Å². The molecule has 1 amide bonds. The second-order valence-electron chi connectivity index (χ2n) is 5.95. The van der Waals surface area contributed by atoms with Crippen LogP contribution in [0.25, 0.3) is 0 Å². The van der Waals surface area contributed by atoms with Crippen molar-refractivity contribution in [2.45, 2.75) is 17.9 Å². The third-order valence-corrected chi connectivity index (χ3v) is 5.91. The minimum Gasteiger partial charge on any atom is -0.486 e. The van der Waals surface area contributed by atoms with Gasteiger partial charge in [-0.05, 0) is 30.3 Å². The van der Waals surface area contributed by atoms with Gasteiger partial charge in [0.2, 0.25) is 5.91 Å². The van der Waals surface area contributed by atoms with Crippen molar-refractivity contribution in [2.75, 3.05) is 24.3 Å². The maximum atomic E-state index is 12.5. The first-order chi connectivity index (χ1) is 13.7. The molecule has 156 valence electrons. The third kappa shape index (κ3) is 5.48. The number of carbonyl (C=O) groups excluding carboxylic acids is 1. The fraction of sp³-hybridized carbons (Fsp3) is 0.278. The smallest absolute Gasteiger partial charge is 0.387 e. The van der Waals surface area contributed by atoms with E-state index >= 15 is 0 Å². The molecule has 0 bridgehead atoms. The van der Waals surface area contributed by atoms with Crippen molar-refractivity contribution in [3.63, 3.8) is 0 Å². The monoisotopic (exact) mass is 447 g/mol. The molecule has 11 heteroatoms. The molecule has 3 rings (SSSR count). The Bertz CT molecular complexity index is 1020. The lowest BCUT2D eigenvalue weighted by Gasteiger charge is -2.18. The predicted molar refractivity (Wildman–Crippen MR) is 101 cm³/mol. The van der Waals surface area contributed by atoms with Crippen LogP contribution in [0.2, 0.25) is 5.02 Å². The van der Waals surface area contributed by atoms with E-state index in [0.717, 1.165) is 0 Å². The highest BCUT2D eigenvalue weighted by molar-refractivity contribution is 7.91. The highest BCUT2D eigenvalue weighted by Crippen LogP contribution is 2.33. The average Bonchev–Trinajstić information content (AvgIpc) is 2.68. The molecule has 2 aromatic carbocycles. The molecule has 0 aromatic heterocycles. The van der Waals surface area contributed by atoms with Crippen molar-refractivity contribution in [3.05, 3.63) is 41.4 Å². The molecular weight excluding hydrogens is 432 g/mol. The molecule has 0 fully saturated rings. The molecule has 1 heterocycles. The number of carbonyl (C=O) groups is 1. The van der Waals surface area contributed by atoms with Gasteiger partial charge in [-0.2, -0.15) is 8.78 Å². The van der Waals surface area contributed by atoms with E-state index in [1.165, 1.54) is 36.4 Å². The molecular formula is C18H16ClF2NO6S. The molecule has 0 spiro atoms. The lowest BCUT2D eigenvalue weighted by molar-refractivity contribution is -0.115. The number of anilines is 1. The molecule has 29 heavy (non-hydrogen) atoms. The van der Waals surface area contributed by atoms with Gasteiger partial charge in [0.25, 0.3) is 0 Å². The number of alkyl halides is 2. The van der Waals surface area contributed by atoms with Crippen molar-refractivity contribution in [1.82, 2.24) is 0 Å². The summed E-state index contributed by atoms with van der Waals surface area (Å²) in [6, 6.07) is 7.98. The van der Waals surface area contributed by atoms with Crippen LogP contribution in [0.3, 0.4) is 0 Å². The van der Waals surface area contributed by atoms with Crippen molar-refractivity contribution in [2.24, 2.45) is 0 Å². The summed E-state index contributed by atoms with van der Waals surface area (Å²) in [5.74, 6) is -0.448. The van der Waals surface area contributed by atoms with Gasteiger partial charge in [-0.15, -0.1) is 0 Å². The Morgan fingerprint density at radius 1 is 1.14 bits per heavy atom. The zero-order valence-electron chi connectivity index (χ0n) is 14.9. The number of halogens is 3. The highest BCUT2D eigenvalue weighted by atomic mass is 35.5. The quantitative estimate of drug-likeness (QED) is 0.698. The van der Waals surface area contributed by atoms with Crippen molar-refractivity contribution >= 4 is 33.0 Å². The molecule has 0 atom stereocenters. The maximum absolute atomic E-state index is 12.5. The Hall–Kier alpha value is -2.59. The SMILES string of the molecule is O=C(CCS(=O)(=O)c1ccc2c(c1)OCCO2)Nc1ccc(OC(F)F)c(Cl)c1. The van der Waals surface area contributed by atoms with Crippen LogP contribution >= 0.6 is 11.6 Å². The molecule has 0 unspecified atom stereocenters. The zero-order valence-corrected chi connectivity index (χ0v) is 16.4. The van der Waals surface area contributed by atoms with Crippen LogP contribution in [-0.4, -0.2) is 39.9 Å². The summed E-state index contributed by atoms with van der Waals surface area (Å²) in [4.78, 5) is 12.1. The summed E-state index contributed by atoms with van der Waals surface area (Å²) in [6.45, 7) is -2.32. The highest BCUT2D eigenvalue weighted by Gasteiger charge is 2.21. The lowest BCUT2D eigenvalue weighted by atomic mass is 10.3. The average molecular weight is 448 g/mol. The molecule has 0 radical (unpaired) electrons. The van der Waals surface area contributed by atoms with E-state index in [2.05, 4.69) is 10.1 Å². The summed E-state index contributed by atoms with van der Waals surface area (Å²) >= 11 is 5.82. The van der Waals surface area contributed by atoms with Crippen LogP contribution in [-0.2, 0) is 14.6 Å². The van der Waals surface area contributed by atoms with Crippen molar-refractivity contribution < 1.29 is 36.2 Å². The molecule has 0 saturated heterocycles. The predicted octanol–water partition coefficient (Wildman–Crippen LogP) is 3.52. The molecule has 7 nitrogen and oxygen atoms in total. The molecule has 0 aliphatic carbocycles. The fourth-order valence-corrected chi connectivity index (χ4v) is 4.03. The van der Waals surface area contributed by atoms with Crippen LogP contribution in [0.4, 0.5) is 14.5 Å². The summed E-state index contributed by atoms with van der Waals surface area (Å²) in [5.41, 5.74) is 0.221. The van der Waals surface area contributed by atoms with Gasteiger partial charge in [-0.3, -0.25) is 4.79 Å². The number of hydrogen-bond donors (Lipinski definition) is 1. The minimum atomic E-state index is -3.74. The summed E-state index contributed by atoms with van der Waals surface area (Å²) in [7, 11) is -3.74. The van der Waals surface area contributed by atoms with Crippen LogP contribution in [0.1, 0.15) is 6.42 Å².